The van der Waals surface area contributed by atoms with Crippen molar-refractivity contribution in [3.63, 3.8) is 0 Å². The highest BCUT2D eigenvalue weighted by atomic mass is 16.3. The molecule has 4 heteroatoms. The number of aliphatic hydroxyl groups is 1. The van der Waals surface area contributed by atoms with Crippen LogP contribution in [0, 0.1) is 0 Å². The molecular formula is C14H17N3O. The molecule has 0 saturated heterocycles. The number of nitrogens with zero attached hydrogens (tertiary/aromatic N) is 2. The number of para-hydroxylation sites is 1. The van der Waals surface area contributed by atoms with Crippen molar-refractivity contribution in [2.75, 3.05) is 5.32 Å². The van der Waals surface area contributed by atoms with Crippen molar-refractivity contribution in [2.45, 2.75) is 32.0 Å². The van der Waals surface area contributed by atoms with Crippen LogP contribution in [0.5, 0.6) is 0 Å². The molecule has 0 amide bonds. The zero-order valence-corrected chi connectivity index (χ0v) is 10.4. The molecule has 1 aliphatic heterocycles. The second-order valence-electron chi connectivity index (χ2n) is 4.63. The number of hydrogen-bond acceptors (Lipinski definition) is 3. The molecule has 2 N–H and O–H groups in total. The zero-order chi connectivity index (χ0) is 12.5. The van der Waals surface area contributed by atoms with Crippen LogP contribution in [0.1, 0.15) is 24.3 Å². The van der Waals surface area contributed by atoms with Crippen LogP contribution in [0.25, 0.3) is 0 Å². The van der Waals surface area contributed by atoms with Gasteiger partial charge in [-0.15, -0.1) is 0 Å². The van der Waals surface area contributed by atoms with Crippen LogP contribution in [0.2, 0.25) is 0 Å². The molecule has 94 valence electrons. The Bertz CT molecular complexity index is 524. The minimum Gasteiger partial charge on any atom is -0.385 e. The summed E-state index contributed by atoms with van der Waals surface area (Å²) in [4.78, 5) is 0. The molecule has 0 saturated carbocycles. The summed E-state index contributed by atoms with van der Waals surface area (Å²) in [7, 11) is 0. The van der Waals surface area contributed by atoms with Gasteiger partial charge in [-0.2, -0.15) is 5.10 Å². The van der Waals surface area contributed by atoms with Crippen molar-refractivity contribution in [1.29, 1.82) is 0 Å². The number of benzene rings is 1. The molecule has 0 aliphatic carbocycles. The van der Waals surface area contributed by atoms with E-state index in [9.17, 15) is 5.11 Å². The molecule has 0 radical (unpaired) electrons. The van der Waals surface area contributed by atoms with Crippen LogP contribution in [0.3, 0.4) is 0 Å². The molecule has 3 rings (SSSR count). The summed E-state index contributed by atoms with van der Waals surface area (Å²) in [5, 5.41) is 18.1. The maximum atomic E-state index is 10.5. The molecule has 0 fully saturated rings. The third-order valence-electron chi connectivity index (χ3n) is 3.53. The number of anilines is 1. The summed E-state index contributed by atoms with van der Waals surface area (Å²) in [5.74, 6) is 0. The van der Waals surface area contributed by atoms with E-state index in [1.807, 2.05) is 29.8 Å². The minimum absolute atomic E-state index is 0.0319. The van der Waals surface area contributed by atoms with Crippen molar-refractivity contribution in [1.82, 2.24) is 9.78 Å². The standard InChI is InChI=1S/C14H17N3O/c1-2-17-13(7-8-15-17)14(18)12-9-10-5-3-4-6-11(10)16-12/h3-8,12,14,16,18H,2,9H2,1H3. The zero-order valence-electron chi connectivity index (χ0n) is 10.4. The monoisotopic (exact) mass is 243 g/mol. The summed E-state index contributed by atoms with van der Waals surface area (Å²) in [6.45, 7) is 2.80. The summed E-state index contributed by atoms with van der Waals surface area (Å²) < 4.78 is 1.84. The van der Waals surface area contributed by atoms with Crippen molar-refractivity contribution >= 4 is 5.69 Å². The van der Waals surface area contributed by atoms with E-state index in [4.69, 9.17) is 0 Å². The summed E-state index contributed by atoms with van der Waals surface area (Å²) >= 11 is 0. The first-order valence-corrected chi connectivity index (χ1v) is 6.34. The van der Waals surface area contributed by atoms with Gasteiger partial charge in [-0.3, -0.25) is 4.68 Å². The van der Waals surface area contributed by atoms with E-state index in [2.05, 4.69) is 22.5 Å². The second-order valence-corrected chi connectivity index (χ2v) is 4.63. The second kappa shape index (κ2) is 4.46. The van der Waals surface area contributed by atoms with Crippen LogP contribution >= 0.6 is 0 Å². The highest BCUT2D eigenvalue weighted by Gasteiger charge is 2.29. The third-order valence-corrected chi connectivity index (χ3v) is 3.53. The Kier molecular flexibility index (Phi) is 2.80. The lowest BCUT2D eigenvalue weighted by molar-refractivity contribution is 0.146. The lowest BCUT2D eigenvalue weighted by Gasteiger charge is -2.19. The van der Waals surface area contributed by atoms with Gasteiger partial charge in [0.2, 0.25) is 0 Å². The molecule has 2 aromatic rings. The van der Waals surface area contributed by atoms with Gasteiger partial charge < -0.3 is 10.4 Å². The molecule has 2 unspecified atom stereocenters. The highest BCUT2D eigenvalue weighted by molar-refractivity contribution is 5.57. The van der Waals surface area contributed by atoms with Crippen molar-refractivity contribution in [2.24, 2.45) is 0 Å². The fourth-order valence-electron chi connectivity index (χ4n) is 2.58. The Morgan fingerprint density at radius 2 is 2.28 bits per heavy atom. The predicted molar refractivity (Wildman–Crippen MR) is 70.4 cm³/mol. The van der Waals surface area contributed by atoms with Gasteiger partial charge in [0.15, 0.2) is 0 Å². The molecule has 18 heavy (non-hydrogen) atoms. The lowest BCUT2D eigenvalue weighted by atomic mass is 10.0. The summed E-state index contributed by atoms with van der Waals surface area (Å²) in [6, 6.07) is 10.1. The Balaban J connectivity index is 1.82. The molecular weight excluding hydrogens is 226 g/mol. The van der Waals surface area contributed by atoms with Gasteiger partial charge in [0.25, 0.3) is 0 Å². The first kappa shape index (κ1) is 11.3. The topological polar surface area (TPSA) is 50.1 Å². The smallest absolute Gasteiger partial charge is 0.116 e. The number of rotatable bonds is 3. The van der Waals surface area contributed by atoms with Gasteiger partial charge in [-0.25, -0.2) is 0 Å². The average molecular weight is 243 g/mol. The van der Waals surface area contributed by atoms with E-state index in [0.717, 1.165) is 24.3 Å². The molecule has 0 spiro atoms. The van der Waals surface area contributed by atoms with Crippen LogP contribution in [0.15, 0.2) is 36.5 Å². The van der Waals surface area contributed by atoms with Crippen molar-refractivity contribution in [3.8, 4) is 0 Å². The van der Waals surface area contributed by atoms with E-state index < -0.39 is 6.10 Å². The van der Waals surface area contributed by atoms with Crippen molar-refractivity contribution in [3.05, 3.63) is 47.8 Å². The van der Waals surface area contributed by atoms with E-state index >= 15 is 0 Å². The number of fused-ring (bicyclic) bond motifs is 1. The quantitative estimate of drug-likeness (QED) is 0.866. The number of aryl methyl sites for hydroxylation is 1. The first-order valence-electron chi connectivity index (χ1n) is 6.34. The van der Waals surface area contributed by atoms with E-state index in [1.54, 1.807) is 6.20 Å². The maximum absolute atomic E-state index is 10.5. The number of hydrogen-bond donors (Lipinski definition) is 2. The van der Waals surface area contributed by atoms with Gasteiger partial charge in [0.1, 0.15) is 6.10 Å². The fourth-order valence-corrected chi connectivity index (χ4v) is 2.58. The van der Waals surface area contributed by atoms with Gasteiger partial charge in [0.05, 0.1) is 11.7 Å². The number of nitrogens with one attached hydrogen (secondary N) is 1. The molecule has 0 bridgehead atoms. The van der Waals surface area contributed by atoms with Gasteiger partial charge in [-0.05, 0) is 31.0 Å². The van der Waals surface area contributed by atoms with Crippen LogP contribution in [-0.2, 0) is 13.0 Å². The van der Waals surface area contributed by atoms with E-state index in [-0.39, 0.29) is 6.04 Å². The summed E-state index contributed by atoms with van der Waals surface area (Å²) in [5.41, 5.74) is 3.27. The third kappa shape index (κ3) is 1.78. The fraction of sp³-hybridized carbons (Fsp3) is 0.357. The van der Waals surface area contributed by atoms with E-state index in [0.29, 0.717) is 0 Å². The van der Waals surface area contributed by atoms with Crippen molar-refractivity contribution < 1.29 is 5.11 Å². The van der Waals surface area contributed by atoms with Gasteiger partial charge in [-0.1, -0.05) is 18.2 Å². The van der Waals surface area contributed by atoms with Crippen LogP contribution in [-0.4, -0.2) is 20.9 Å². The predicted octanol–water partition coefficient (Wildman–Crippen LogP) is 1.97. The Labute approximate surface area is 106 Å². The number of aliphatic hydroxyl groups excluding tert-OH is 1. The normalized spacial score (nSPS) is 19.3. The molecule has 2 heterocycles. The number of aromatic nitrogens is 2. The molecule has 2 atom stereocenters. The molecule has 1 aliphatic rings. The summed E-state index contributed by atoms with van der Waals surface area (Å²) in [6.07, 6.45) is 2.07. The SMILES string of the molecule is CCn1nccc1C(O)C1Cc2ccccc2N1. The Morgan fingerprint density at radius 1 is 1.44 bits per heavy atom. The Hall–Kier alpha value is -1.81. The van der Waals surface area contributed by atoms with Gasteiger partial charge in [0, 0.05) is 18.4 Å². The lowest BCUT2D eigenvalue weighted by Crippen LogP contribution is -2.26. The van der Waals surface area contributed by atoms with Crippen LogP contribution < -0.4 is 5.32 Å². The maximum Gasteiger partial charge on any atom is 0.116 e. The highest BCUT2D eigenvalue weighted by Crippen LogP contribution is 2.31. The van der Waals surface area contributed by atoms with Crippen LogP contribution in [0.4, 0.5) is 5.69 Å². The first-order chi connectivity index (χ1) is 8.79. The van der Waals surface area contributed by atoms with Gasteiger partial charge >= 0.3 is 0 Å². The minimum atomic E-state index is -0.528. The Morgan fingerprint density at radius 3 is 3.06 bits per heavy atom. The molecule has 1 aromatic heterocycles. The molecule has 1 aromatic carbocycles. The largest absolute Gasteiger partial charge is 0.385 e. The van der Waals surface area contributed by atoms with E-state index in [1.165, 1.54) is 5.56 Å². The average Bonchev–Trinajstić information content (AvgIpc) is 3.03. The molecule has 4 nitrogen and oxygen atoms in total.